The zero-order chi connectivity index (χ0) is 29.9. The fraction of sp³-hybridized carbons (Fsp3) is 0.690. The van der Waals surface area contributed by atoms with Gasteiger partial charge in [-0.15, -0.1) is 0 Å². The summed E-state index contributed by atoms with van der Waals surface area (Å²) in [4.78, 5) is 54.7. The third-order valence-corrected chi connectivity index (χ3v) is 7.05. The molecule has 0 spiro atoms. The highest BCUT2D eigenvalue weighted by Gasteiger charge is 2.38. The summed E-state index contributed by atoms with van der Waals surface area (Å²) in [7, 11) is 1.39. The van der Waals surface area contributed by atoms with Crippen molar-refractivity contribution in [3.63, 3.8) is 0 Å². The van der Waals surface area contributed by atoms with Crippen LogP contribution in [0.5, 0.6) is 11.5 Å². The molecule has 0 aromatic carbocycles. The number of nitrogens with zero attached hydrogens (tertiary/aromatic N) is 1. The summed E-state index contributed by atoms with van der Waals surface area (Å²) in [5.41, 5.74) is -0.154. The molecule has 2 heterocycles. The fourth-order valence-electron chi connectivity index (χ4n) is 4.94. The van der Waals surface area contributed by atoms with Gasteiger partial charge in [-0.1, -0.05) is 26.7 Å². The smallest absolute Gasteiger partial charge is 0.329 e. The first-order valence-electron chi connectivity index (χ1n) is 14.2. The Labute approximate surface area is 240 Å². The number of esters is 3. The lowest BCUT2D eigenvalue weighted by atomic mass is 10.0. The van der Waals surface area contributed by atoms with Gasteiger partial charge >= 0.3 is 17.9 Å². The number of carbonyl (C=O) groups is 4. The predicted octanol–water partition coefficient (Wildman–Crippen LogP) is 3.35. The highest BCUT2D eigenvalue weighted by atomic mass is 16.7. The second-order valence-corrected chi connectivity index (χ2v) is 10.8. The molecule has 1 aromatic heterocycles. The number of amides is 1. The lowest BCUT2D eigenvalue weighted by molar-refractivity contribution is -0.178. The summed E-state index contributed by atoms with van der Waals surface area (Å²) >= 11 is 0. The molecule has 0 bridgehead atoms. The maximum atomic E-state index is 13.3. The molecule has 4 atom stereocenters. The van der Waals surface area contributed by atoms with Gasteiger partial charge in [-0.25, -0.2) is 9.78 Å². The van der Waals surface area contributed by atoms with Crippen LogP contribution in [0.2, 0.25) is 0 Å². The topological polar surface area (TPSA) is 149 Å². The van der Waals surface area contributed by atoms with E-state index < -0.39 is 49.0 Å². The van der Waals surface area contributed by atoms with Gasteiger partial charge in [0.05, 0.1) is 13.0 Å². The molecule has 1 N–H and O–H groups in total. The van der Waals surface area contributed by atoms with Crippen LogP contribution in [0.4, 0.5) is 0 Å². The number of cyclic esters (lactones) is 1. The van der Waals surface area contributed by atoms with Crippen LogP contribution in [0.1, 0.15) is 83.1 Å². The molecule has 2 fully saturated rings. The number of rotatable bonds is 11. The van der Waals surface area contributed by atoms with Gasteiger partial charge in [0.2, 0.25) is 6.79 Å². The van der Waals surface area contributed by atoms with E-state index in [1.54, 1.807) is 6.92 Å². The number of pyridine rings is 1. The zero-order valence-electron chi connectivity index (χ0n) is 24.5. The van der Waals surface area contributed by atoms with Crippen LogP contribution < -0.4 is 14.8 Å². The average Bonchev–Trinajstić information content (AvgIpc) is 3.47. The molecule has 3 rings (SSSR count). The van der Waals surface area contributed by atoms with Gasteiger partial charge < -0.3 is 33.7 Å². The van der Waals surface area contributed by atoms with Gasteiger partial charge in [0.1, 0.15) is 24.4 Å². The minimum absolute atomic E-state index is 0.0420. The monoisotopic (exact) mass is 578 g/mol. The van der Waals surface area contributed by atoms with E-state index in [0.717, 1.165) is 25.7 Å². The van der Waals surface area contributed by atoms with Gasteiger partial charge in [-0.2, -0.15) is 0 Å². The van der Waals surface area contributed by atoms with Gasteiger partial charge in [0, 0.05) is 25.8 Å². The Balaban J connectivity index is 1.76. The summed E-state index contributed by atoms with van der Waals surface area (Å²) in [6, 6.07) is 0.481. The van der Waals surface area contributed by atoms with Crippen LogP contribution in [0, 0.1) is 11.8 Å². The van der Waals surface area contributed by atoms with Crippen LogP contribution in [-0.4, -0.2) is 73.7 Å². The quantitative estimate of drug-likeness (QED) is 0.234. The minimum Gasteiger partial charge on any atom is -0.493 e. The van der Waals surface area contributed by atoms with E-state index in [1.165, 1.54) is 26.3 Å². The fourth-order valence-corrected chi connectivity index (χ4v) is 4.94. The Kier molecular flexibility index (Phi) is 12.2. The predicted molar refractivity (Wildman–Crippen MR) is 145 cm³/mol. The first-order chi connectivity index (χ1) is 19.6. The third kappa shape index (κ3) is 9.31. The molecule has 1 aliphatic carbocycles. The highest BCUT2D eigenvalue weighted by molar-refractivity contribution is 5.98. The molecular formula is C29H42N2O10. The molecule has 0 unspecified atom stereocenters. The molecule has 0 radical (unpaired) electrons. The van der Waals surface area contributed by atoms with Crippen LogP contribution in [0.25, 0.3) is 0 Å². The Morgan fingerprint density at radius 1 is 1.12 bits per heavy atom. The number of aromatic nitrogens is 1. The largest absolute Gasteiger partial charge is 0.493 e. The van der Waals surface area contributed by atoms with Crippen molar-refractivity contribution < 1.29 is 47.6 Å². The van der Waals surface area contributed by atoms with E-state index in [2.05, 4.69) is 10.3 Å². The number of hydrogen-bond acceptors (Lipinski definition) is 11. The van der Waals surface area contributed by atoms with Crippen LogP contribution >= 0.6 is 0 Å². The number of ether oxygens (including phenoxy) is 6. The van der Waals surface area contributed by atoms with Crippen molar-refractivity contribution in [1.29, 1.82) is 0 Å². The SMILES string of the molecule is COc1ccnc(C(=O)N[C@H]2CCC[C@H](OC(=O)C3CCCC3)[C@@H](OCC(C)C)[C@H](C)OC2=O)c1OCOC(C)=O. The molecule has 1 saturated carbocycles. The van der Waals surface area contributed by atoms with Crippen LogP contribution in [-0.2, 0) is 33.3 Å². The van der Waals surface area contributed by atoms with E-state index in [-0.39, 0.29) is 41.4 Å². The van der Waals surface area contributed by atoms with Crippen molar-refractivity contribution in [2.24, 2.45) is 11.8 Å². The molecule has 1 saturated heterocycles. The zero-order valence-corrected chi connectivity index (χ0v) is 24.5. The van der Waals surface area contributed by atoms with Gasteiger partial charge in [0.25, 0.3) is 5.91 Å². The molecule has 12 heteroatoms. The molecule has 2 aliphatic rings. The van der Waals surface area contributed by atoms with E-state index in [9.17, 15) is 19.2 Å². The summed E-state index contributed by atoms with van der Waals surface area (Å²) < 4.78 is 33.4. The molecular weight excluding hydrogens is 536 g/mol. The van der Waals surface area contributed by atoms with Crippen LogP contribution in [0.15, 0.2) is 12.3 Å². The van der Waals surface area contributed by atoms with E-state index >= 15 is 0 Å². The molecule has 1 amide bonds. The lowest BCUT2D eigenvalue weighted by Crippen LogP contribution is -2.46. The number of carbonyl (C=O) groups excluding carboxylic acids is 4. The summed E-state index contributed by atoms with van der Waals surface area (Å²) in [6.45, 7) is 6.89. The molecule has 12 nitrogen and oxygen atoms in total. The first-order valence-corrected chi connectivity index (χ1v) is 14.2. The van der Waals surface area contributed by atoms with Crippen molar-refractivity contribution in [2.75, 3.05) is 20.5 Å². The molecule has 1 aliphatic heterocycles. The normalized spacial score (nSPS) is 23.5. The molecule has 228 valence electrons. The number of methoxy groups -OCH3 is 1. The Hall–Kier alpha value is -3.41. The van der Waals surface area contributed by atoms with Gasteiger partial charge in [0.15, 0.2) is 17.2 Å². The van der Waals surface area contributed by atoms with Crippen LogP contribution in [0.3, 0.4) is 0 Å². The van der Waals surface area contributed by atoms with Gasteiger partial charge in [-0.3, -0.25) is 14.4 Å². The number of nitrogens with one attached hydrogen (secondary N) is 1. The van der Waals surface area contributed by atoms with Crippen molar-refractivity contribution in [2.45, 2.75) is 97.0 Å². The Bertz CT molecular complexity index is 1060. The second-order valence-electron chi connectivity index (χ2n) is 10.8. The van der Waals surface area contributed by atoms with E-state index in [4.69, 9.17) is 28.4 Å². The average molecular weight is 579 g/mol. The van der Waals surface area contributed by atoms with E-state index in [1.807, 2.05) is 13.8 Å². The second kappa shape index (κ2) is 15.6. The maximum absolute atomic E-state index is 13.3. The van der Waals surface area contributed by atoms with Gasteiger partial charge in [-0.05, 0) is 44.9 Å². The van der Waals surface area contributed by atoms with Crippen molar-refractivity contribution in [3.05, 3.63) is 18.0 Å². The Morgan fingerprint density at radius 2 is 1.85 bits per heavy atom. The van der Waals surface area contributed by atoms with Crippen molar-refractivity contribution >= 4 is 23.8 Å². The number of hydrogen-bond donors (Lipinski definition) is 1. The Morgan fingerprint density at radius 3 is 2.51 bits per heavy atom. The summed E-state index contributed by atoms with van der Waals surface area (Å²) in [5, 5.41) is 2.69. The lowest BCUT2D eigenvalue weighted by Gasteiger charge is -2.32. The summed E-state index contributed by atoms with van der Waals surface area (Å²) in [5.74, 6) is -1.89. The van der Waals surface area contributed by atoms with E-state index in [0.29, 0.717) is 19.4 Å². The van der Waals surface area contributed by atoms with Crippen molar-refractivity contribution in [3.8, 4) is 11.5 Å². The highest BCUT2D eigenvalue weighted by Crippen LogP contribution is 2.31. The maximum Gasteiger partial charge on any atom is 0.329 e. The van der Waals surface area contributed by atoms with Crippen molar-refractivity contribution in [1.82, 2.24) is 10.3 Å². The molecule has 1 aromatic rings. The summed E-state index contributed by atoms with van der Waals surface area (Å²) in [6.07, 6.45) is 4.13. The standard InChI is InChI=1S/C29H42N2O10/c1-17(2)15-37-25-18(3)40-29(35)21(11-8-12-23(25)41-28(34)20-9-6-7-10-20)31-27(33)24-26(39-16-38-19(4)32)22(36-5)13-14-30-24/h13-14,17-18,20-21,23,25H,6-12,15-16H2,1-5H3,(H,31,33)/t18-,21-,23-,25-/m0/s1. The third-order valence-electron chi connectivity index (χ3n) is 7.05. The molecule has 41 heavy (non-hydrogen) atoms. The first kappa shape index (κ1) is 32.1. The minimum atomic E-state index is -1.01.